The molecule has 0 aliphatic carbocycles. The van der Waals surface area contributed by atoms with Crippen LogP contribution in [-0.2, 0) is 0 Å². The van der Waals surface area contributed by atoms with Crippen LogP contribution in [0.15, 0.2) is 23.3 Å². The van der Waals surface area contributed by atoms with Gasteiger partial charge in [0.05, 0.1) is 0 Å². The molecule has 0 aromatic rings. The molecule has 0 unspecified atom stereocenters. The van der Waals surface area contributed by atoms with Crippen LogP contribution in [-0.4, -0.2) is 19.1 Å². The highest BCUT2D eigenvalue weighted by molar-refractivity contribution is 5.30. The monoisotopic (exact) mass is 294 g/mol. The maximum absolute atomic E-state index is 6.06. The topological polar surface area (TPSA) is 38.0 Å². The number of allylic oxidation sites excluding steroid dienone is 3. The quantitative estimate of drug-likeness (QED) is 0.670. The molecular formula is C19H38N2. The second kappa shape index (κ2) is 7.60. The number of hydrogen-bond acceptors (Lipinski definition) is 2. The summed E-state index contributed by atoms with van der Waals surface area (Å²) >= 11 is 0. The summed E-state index contributed by atoms with van der Waals surface area (Å²) in [6.07, 6.45) is 6.79. The highest BCUT2D eigenvalue weighted by Gasteiger charge is 2.40. The van der Waals surface area contributed by atoms with Crippen molar-refractivity contribution in [1.29, 1.82) is 0 Å². The maximum atomic E-state index is 6.06. The smallest absolute Gasteiger partial charge is 0.0362 e. The van der Waals surface area contributed by atoms with Gasteiger partial charge in [0.15, 0.2) is 0 Å². The SMILES string of the molecule is C/C=C(\C=C(/CC)C(C)(C)[C@](C)(CN)NC)CC(C)(C)C. The predicted octanol–water partition coefficient (Wildman–Crippen LogP) is 4.67. The van der Waals surface area contributed by atoms with Gasteiger partial charge in [0, 0.05) is 17.5 Å². The Morgan fingerprint density at radius 3 is 1.90 bits per heavy atom. The fourth-order valence-corrected chi connectivity index (χ4v) is 2.82. The van der Waals surface area contributed by atoms with Crippen molar-refractivity contribution in [2.45, 2.75) is 73.8 Å². The van der Waals surface area contributed by atoms with Crippen molar-refractivity contribution < 1.29 is 0 Å². The summed E-state index contributed by atoms with van der Waals surface area (Å²) in [4.78, 5) is 0. The summed E-state index contributed by atoms with van der Waals surface area (Å²) in [6.45, 7) is 18.7. The lowest BCUT2D eigenvalue weighted by atomic mass is 9.66. The Hall–Kier alpha value is -0.600. The molecule has 0 saturated heterocycles. The van der Waals surface area contributed by atoms with Gasteiger partial charge in [-0.2, -0.15) is 0 Å². The Morgan fingerprint density at radius 2 is 1.62 bits per heavy atom. The van der Waals surface area contributed by atoms with E-state index in [1.807, 2.05) is 7.05 Å². The van der Waals surface area contributed by atoms with Gasteiger partial charge in [-0.1, -0.05) is 64.8 Å². The zero-order valence-electron chi connectivity index (χ0n) is 15.9. The molecule has 0 amide bonds. The molecule has 0 saturated carbocycles. The van der Waals surface area contributed by atoms with Crippen LogP contribution in [0.2, 0.25) is 0 Å². The zero-order valence-corrected chi connectivity index (χ0v) is 15.9. The van der Waals surface area contributed by atoms with Crippen molar-refractivity contribution in [3.05, 3.63) is 23.3 Å². The Balaban J connectivity index is 5.63. The highest BCUT2D eigenvalue weighted by atomic mass is 15.0. The molecule has 0 heterocycles. The molecule has 0 bridgehead atoms. The first-order chi connectivity index (χ1) is 9.47. The Kier molecular flexibility index (Phi) is 7.38. The Bertz CT molecular complexity index is 377. The fourth-order valence-electron chi connectivity index (χ4n) is 2.82. The van der Waals surface area contributed by atoms with Gasteiger partial charge in [0.1, 0.15) is 0 Å². The van der Waals surface area contributed by atoms with Crippen LogP contribution in [0.3, 0.4) is 0 Å². The van der Waals surface area contributed by atoms with Crippen LogP contribution in [0.4, 0.5) is 0 Å². The van der Waals surface area contributed by atoms with Gasteiger partial charge in [-0.25, -0.2) is 0 Å². The van der Waals surface area contributed by atoms with Gasteiger partial charge < -0.3 is 11.1 Å². The van der Waals surface area contributed by atoms with Crippen molar-refractivity contribution in [3.63, 3.8) is 0 Å². The molecular weight excluding hydrogens is 256 g/mol. The number of nitrogens with one attached hydrogen (secondary N) is 1. The van der Waals surface area contributed by atoms with Crippen molar-refractivity contribution in [2.75, 3.05) is 13.6 Å². The number of hydrogen-bond donors (Lipinski definition) is 2. The lowest BCUT2D eigenvalue weighted by molar-refractivity contribution is 0.190. The summed E-state index contributed by atoms with van der Waals surface area (Å²) < 4.78 is 0. The zero-order chi connectivity index (χ0) is 16.9. The van der Waals surface area contributed by atoms with E-state index in [2.05, 4.69) is 72.9 Å². The summed E-state index contributed by atoms with van der Waals surface area (Å²) in [5.74, 6) is 0. The molecule has 0 aliphatic heterocycles. The molecule has 3 N–H and O–H groups in total. The number of likely N-dealkylation sites (N-methyl/N-ethyl adjacent to an activating group) is 1. The third-order valence-electron chi connectivity index (χ3n) is 4.99. The molecule has 0 radical (unpaired) electrons. The van der Waals surface area contributed by atoms with E-state index in [4.69, 9.17) is 5.73 Å². The van der Waals surface area contributed by atoms with E-state index in [-0.39, 0.29) is 11.0 Å². The molecule has 1 atom stereocenters. The Labute approximate surface area is 133 Å². The van der Waals surface area contributed by atoms with Gasteiger partial charge in [-0.3, -0.25) is 0 Å². The third-order valence-corrected chi connectivity index (χ3v) is 4.99. The maximum Gasteiger partial charge on any atom is 0.0362 e. The van der Waals surface area contributed by atoms with Gasteiger partial charge in [-0.05, 0) is 39.2 Å². The van der Waals surface area contributed by atoms with Crippen LogP contribution < -0.4 is 11.1 Å². The molecule has 0 aliphatic rings. The van der Waals surface area contributed by atoms with E-state index in [0.29, 0.717) is 12.0 Å². The van der Waals surface area contributed by atoms with Crippen molar-refractivity contribution in [3.8, 4) is 0 Å². The van der Waals surface area contributed by atoms with Gasteiger partial charge >= 0.3 is 0 Å². The Morgan fingerprint density at radius 1 is 1.10 bits per heavy atom. The van der Waals surface area contributed by atoms with E-state index in [1.165, 1.54) is 11.1 Å². The third kappa shape index (κ3) is 5.27. The van der Waals surface area contributed by atoms with Crippen LogP contribution in [0.1, 0.15) is 68.2 Å². The molecule has 0 spiro atoms. The molecule has 0 aromatic carbocycles. The second-order valence-electron chi connectivity index (χ2n) is 8.04. The van der Waals surface area contributed by atoms with E-state index in [1.54, 1.807) is 0 Å². The van der Waals surface area contributed by atoms with Gasteiger partial charge in [0.2, 0.25) is 0 Å². The van der Waals surface area contributed by atoms with Crippen LogP contribution in [0.25, 0.3) is 0 Å². The van der Waals surface area contributed by atoms with Crippen LogP contribution in [0.5, 0.6) is 0 Å². The highest BCUT2D eigenvalue weighted by Crippen LogP contribution is 2.40. The summed E-state index contributed by atoms with van der Waals surface area (Å²) in [6, 6.07) is 0. The standard InChI is InChI=1S/C19H38N2/c1-10-15(13-17(3,4)5)12-16(11-2)18(6,7)19(8,14-20)21-9/h10,12,21H,11,13-14,20H2,1-9H3/b15-10+,16-12+/t19-/m0/s1. The molecule has 2 heteroatoms. The van der Waals surface area contributed by atoms with E-state index in [9.17, 15) is 0 Å². The first kappa shape index (κ1) is 20.4. The van der Waals surface area contributed by atoms with E-state index in [0.717, 1.165) is 12.8 Å². The first-order valence-electron chi connectivity index (χ1n) is 8.22. The molecule has 0 fully saturated rings. The van der Waals surface area contributed by atoms with Gasteiger partial charge in [-0.15, -0.1) is 0 Å². The molecule has 0 aromatic heterocycles. The summed E-state index contributed by atoms with van der Waals surface area (Å²) in [5.41, 5.74) is 9.15. The van der Waals surface area contributed by atoms with Crippen LogP contribution in [0, 0.1) is 10.8 Å². The first-order valence-corrected chi connectivity index (χ1v) is 8.22. The number of nitrogens with two attached hydrogens (primary N) is 1. The lowest BCUT2D eigenvalue weighted by Crippen LogP contribution is -2.58. The summed E-state index contributed by atoms with van der Waals surface area (Å²) in [5, 5.41) is 3.44. The van der Waals surface area contributed by atoms with E-state index < -0.39 is 0 Å². The fraction of sp³-hybridized carbons (Fsp3) is 0.789. The van der Waals surface area contributed by atoms with Crippen molar-refractivity contribution in [1.82, 2.24) is 5.32 Å². The average molecular weight is 295 g/mol. The lowest BCUT2D eigenvalue weighted by Gasteiger charge is -2.45. The minimum atomic E-state index is -0.102. The minimum Gasteiger partial charge on any atom is -0.329 e. The molecule has 0 rings (SSSR count). The van der Waals surface area contributed by atoms with Gasteiger partial charge in [0.25, 0.3) is 0 Å². The largest absolute Gasteiger partial charge is 0.329 e. The predicted molar refractivity (Wildman–Crippen MR) is 96.5 cm³/mol. The molecule has 2 nitrogen and oxygen atoms in total. The minimum absolute atomic E-state index is 0.0113. The average Bonchev–Trinajstić information content (AvgIpc) is 2.40. The van der Waals surface area contributed by atoms with Crippen molar-refractivity contribution >= 4 is 0 Å². The normalized spacial score (nSPS) is 17.8. The van der Waals surface area contributed by atoms with E-state index >= 15 is 0 Å². The van der Waals surface area contributed by atoms with Crippen LogP contribution >= 0.6 is 0 Å². The number of rotatable bonds is 7. The molecule has 21 heavy (non-hydrogen) atoms. The second-order valence-corrected chi connectivity index (χ2v) is 8.04. The molecule has 124 valence electrons. The van der Waals surface area contributed by atoms with Crippen molar-refractivity contribution in [2.24, 2.45) is 16.6 Å². The summed E-state index contributed by atoms with van der Waals surface area (Å²) in [7, 11) is 2.01.